The van der Waals surface area contributed by atoms with Gasteiger partial charge in [-0.3, -0.25) is 9.35 Å². The van der Waals surface area contributed by atoms with Gasteiger partial charge in [0.15, 0.2) is 11.0 Å². The third kappa shape index (κ3) is 5.56. The van der Waals surface area contributed by atoms with E-state index in [9.17, 15) is 17.8 Å². The number of carbonyl (C=O) groups is 1. The van der Waals surface area contributed by atoms with Gasteiger partial charge in [-0.25, -0.2) is 0 Å². The molecule has 0 spiro atoms. The summed E-state index contributed by atoms with van der Waals surface area (Å²) in [4.78, 5) is 11.8. The maximum atomic E-state index is 11.8. The van der Waals surface area contributed by atoms with Crippen LogP contribution in [0.1, 0.15) is 5.56 Å². The Morgan fingerprint density at radius 3 is 2.74 bits per heavy atom. The minimum atomic E-state index is -4.41. The molecule has 0 aromatic heterocycles. The average Bonchev–Trinajstić information content (AvgIpc) is 2.95. The highest BCUT2D eigenvalue weighted by Crippen LogP contribution is 2.42. The molecule has 1 aliphatic rings. The van der Waals surface area contributed by atoms with Crippen molar-refractivity contribution in [3.8, 4) is 0 Å². The fourth-order valence-electron chi connectivity index (χ4n) is 2.21. The molecule has 2 rings (SSSR count). The van der Waals surface area contributed by atoms with Crippen molar-refractivity contribution in [1.29, 1.82) is 0 Å². The van der Waals surface area contributed by atoms with E-state index in [-0.39, 0.29) is 4.58 Å². The summed E-state index contributed by atoms with van der Waals surface area (Å²) in [6, 6.07) is 10.1. The van der Waals surface area contributed by atoms with Gasteiger partial charge in [-0.2, -0.15) is 20.2 Å². The number of ketones is 1. The molecule has 1 aliphatic heterocycles. The van der Waals surface area contributed by atoms with Gasteiger partial charge in [0.05, 0.1) is 4.58 Å². The number of hydrogen-bond acceptors (Lipinski definition) is 6. The topological polar surface area (TPSA) is 71.4 Å². The zero-order chi connectivity index (χ0) is 16.9. The van der Waals surface area contributed by atoms with E-state index < -0.39 is 26.4 Å². The monoisotopic (exact) mass is 390 g/mol. The fraction of sp³-hybridized carbons (Fsp3) is 0.400. The second-order valence-electron chi connectivity index (χ2n) is 4.98. The van der Waals surface area contributed by atoms with E-state index in [4.69, 9.17) is 0 Å². The first-order valence-corrected chi connectivity index (χ1v) is 11.6. The van der Waals surface area contributed by atoms with Gasteiger partial charge in [0.2, 0.25) is 0 Å². The molecule has 4 nitrogen and oxygen atoms in total. The van der Waals surface area contributed by atoms with E-state index in [1.807, 2.05) is 18.2 Å². The van der Waals surface area contributed by atoms with E-state index in [0.29, 0.717) is 5.75 Å². The number of benzene rings is 1. The number of thioether (sulfide) groups is 3. The molecule has 23 heavy (non-hydrogen) atoms. The minimum absolute atomic E-state index is 0.218. The molecule has 1 fully saturated rings. The molecule has 0 amide bonds. The van der Waals surface area contributed by atoms with Gasteiger partial charge >= 0.3 is 0 Å². The van der Waals surface area contributed by atoms with Crippen LogP contribution in [0.25, 0.3) is 0 Å². The van der Waals surface area contributed by atoms with Crippen LogP contribution >= 0.6 is 35.3 Å². The summed E-state index contributed by atoms with van der Waals surface area (Å²) < 4.78 is 32.5. The lowest BCUT2D eigenvalue weighted by atomic mass is 10.2. The maximum Gasteiger partial charge on any atom is 0.276 e. The normalized spacial score (nSPS) is 22.7. The van der Waals surface area contributed by atoms with Gasteiger partial charge in [-0.1, -0.05) is 36.9 Å². The van der Waals surface area contributed by atoms with Crippen molar-refractivity contribution in [2.24, 2.45) is 0 Å². The summed E-state index contributed by atoms with van der Waals surface area (Å²) in [5.41, 5.74) is 1.25. The second-order valence-corrected chi connectivity index (χ2v) is 10.5. The smallest absolute Gasteiger partial charge is 0.276 e. The third-order valence-electron chi connectivity index (χ3n) is 3.28. The van der Waals surface area contributed by atoms with Crippen LogP contribution in [0, 0.1) is 0 Å². The molecule has 126 valence electrons. The highest BCUT2D eigenvalue weighted by Gasteiger charge is 2.42. The molecule has 3 unspecified atom stereocenters. The predicted molar refractivity (Wildman–Crippen MR) is 101 cm³/mol. The Morgan fingerprint density at radius 2 is 2.13 bits per heavy atom. The van der Waals surface area contributed by atoms with Gasteiger partial charge in [0.1, 0.15) is 0 Å². The first kappa shape index (κ1) is 18.9. The molecule has 1 aromatic rings. The summed E-state index contributed by atoms with van der Waals surface area (Å²) in [6.45, 7) is 3.32. The Hall–Kier alpha value is -0.410. The van der Waals surface area contributed by atoms with Gasteiger partial charge in [-0.15, -0.1) is 23.5 Å². The second kappa shape index (κ2) is 8.62. The van der Waals surface area contributed by atoms with Crippen LogP contribution in [-0.4, -0.2) is 45.3 Å². The molecule has 1 heterocycles. The average molecular weight is 391 g/mol. The molecule has 0 saturated carbocycles. The van der Waals surface area contributed by atoms with Crippen molar-refractivity contribution in [3.63, 3.8) is 0 Å². The summed E-state index contributed by atoms with van der Waals surface area (Å²) in [5, 5.41) is -1.83. The van der Waals surface area contributed by atoms with Crippen molar-refractivity contribution >= 4 is 51.2 Å². The van der Waals surface area contributed by atoms with Crippen LogP contribution in [0.3, 0.4) is 0 Å². The highest BCUT2D eigenvalue weighted by atomic mass is 32.2. The lowest BCUT2D eigenvalue weighted by Crippen LogP contribution is -2.38. The Bertz CT molecular complexity index is 645. The molecular formula is C15H18O4S4. The Balaban J connectivity index is 1.87. The quantitative estimate of drug-likeness (QED) is 0.540. The molecule has 0 aliphatic carbocycles. The van der Waals surface area contributed by atoms with E-state index in [1.165, 1.54) is 17.3 Å². The maximum absolute atomic E-state index is 11.8. The van der Waals surface area contributed by atoms with E-state index in [2.05, 4.69) is 18.7 Å². The highest BCUT2D eigenvalue weighted by molar-refractivity contribution is 8.21. The Morgan fingerprint density at radius 1 is 1.43 bits per heavy atom. The standard InChI is InChI=1S/C15H18O4S4/c1-2-12(16)15(23(17,18)19)13-9-21-14(22-13)10-20-8-11-6-4-3-5-7-11/h2-7,13-15H,1,8-10H2,(H,17,18,19). The number of carbonyl (C=O) groups excluding carboxylic acids is 1. The molecular weight excluding hydrogens is 372 g/mol. The van der Waals surface area contributed by atoms with Crippen LogP contribution in [0.2, 0.25) is 0 Å². The van der Waals surface area contributed by atoms with Crippen molar-refractivity contribution < 1.29 is 17.8 Å². The van der Waals surface area contributed by atoms with Crippen LogP contribution < -0.4 is 0 Å². The molecule has 1 N–H and O–H groups in total. The summed E-state index contributed by atoms with van der Waals surface area (Å²) >= 11 is 4.88. The molecule has 0 bridgehead atoms. The van der Waals surface area contributed by atoms with Gasteiger partial charge in [-0.05, 0) is 11.6 Å². The lowest BCUT2D eigenvalue weighted by Gasteiger charge is -2.17. The van der Waals surface area contributed by atoms with Crippen LogP contribution in [-0.2, 0) is 20.7 Å². The number of hydrogen-bond donors (Lipinski definition) is 1. The molecule has 8 heteroatoms. The zero-order valence-electron chi connectivity index (χ0n) is 12.3. The summed E-state index contributed by atoms with van der Waals surface area (Å²) in [6.07, 6.45) is 0.973. The van der Waals surface area contributed by atoms with E-state index >= 15 is 0 Å². The van der Waals surface area contributed by atoms with Crippen molar-refractivity contribution in [3.05, 3.63) is 48.6 Å². The van der Waals surface area contributed by atoms with Crippen molar-refractivity contribution in [1.82, 2.24) is 0 Å². The van der Waals surface area contributed by atoms with E-state index in [0.717, 1.165) is 17.6 Å². The molecule has 1 aromatic carbocycles. The minimum Gasteiger partial charge on any atom is -0.293 e. The van der Waals surface area contributed by atoms with Crippen LogP contribution in [0.15, 0.2) is 43.0 Å². The number of rotatable bonds is 8. The fourth-order valence-corrected chi connectivity index (χ4v) is 8.62. The zero-order valence-corrected chi connectivity index (χ0v) is 15.6. The van der Waals surface area contributed by atoms with Gasteiger partial charge in [0, 0.05) is 22.5 Å². The first-order chi connectivity index (χ1) is 10.9. The molecule has 3 atom stereocenters. The van der Waals surface area contributed by atoms with Crippen LogP contribution in [0.4, 0.5) is 0 Å². The predicted octanol–water partition coefficient (Wildman–Crippen LogP) is 3.11. The van der Waals surface area contributed by atoms with Crippen LogP contribution in [0.5, 0.6) is 0 Å². The lowest BCUT2D eigenvalue weighted by molar-refractivity contribution is -0.114. The van der Waals surface area contributed by atoms with Gasteiger partial charge < -0.3 is 0 Å². The summed E-state index contributed by atoms with van der Waals surface area (Å²) in [5.74, 6) is 1.66. The van der Waals surface area contributed by atoms with Crippen molar-refractivity contribution in [2.45, 2.75) is 20.8 Å². The third-order valence-corrected chi connectivity index (χ3v) is 9.48. The molecule has 1 saturated heterocycles. The summed E-state index contributed by atoms with van der Waals surface area (Å²) in [7, 11) is -4.41. The Labute approximate surface area is 149 Å². The van der Waals surface area contributed by atoms with E-state index in [1.54, 1.807) is 23.5 Å². The first-order valence-electron chi connectivity index (χ1n) is 6.93. The van der Waals surface area contributed by atoms with Gasteiger partial charge in [0.25, 0.3) is 10.1 Å². The Kier molecular flexibility index (Phi) is 7.09. The largest absolute Gasteiger partial charge is 0.293 e. The number of allylic oxidation sites excluding steroid dienone is 1. The molecule has 0 radical (unpaired) electrons. The SMILES string of the molecule is C=CC(=O)C(C1CSC(CSCc2ccccc2)S1)S(=O)(=O)O. The van der Waals surface area contributed by atoms with Crippen molar-refractivity contribution in [2.75, 3.05) is 11.5 Å².